The van der Waals surface area contributed by atoms with Crippen molar-refractivity contribution < 1.29 is 13.5 Å². The third-order valence-corrected chi connectivity index (χ3v) is 3.40. The summed E-state index contributed by atoms with van der Waals surface area (Å²) in [5.74, 6) is -0.688. The standard InChI is InChI=1S/C15H14ClF2NO/c1-19-15(11-5-4-10(17)8-12(11)16)9-3-6-14(20-2)13(18)7-9/h3-8,15,19H,1-2H3. The minimum Gasteiger partial charge on any atom is -0.494 e. The van der Waals surface area contributed by atoms with E-state index in [9.17, 15) is 8.78 Å². The van der Waals surface area contributed by atoms with Gasteiger partial charge in [0.1, 0.15) is 5.82 Å². The molecule has 0 amide bonds. The van der Waals surface area contributed by atoms with Crippen molar-refractivity contribution in [3.63, 3.8) is 0 Å². The fraction of sp³-hybridized carbons (Fsp3) is 0.200. The van der Waals surface area contributed by atoms with Crippen LogP contribution in [0.3, 0.4) is 0 Å². The van der Waals surface area contributed by atoms with Gasteiger partial charge in [-0.25, -0.2) is 8.78 Å². The maximum atomic E-state index is 13.8. The largest absolute Gasteiger partial charge is 0.494 e. The second-order valence-electron chi connectivity index (χ2n) is 4.28. The molecule has 106 valence electrons. The van der Waals surface area contributed by atoms with E-state index in [1.165, 1.54) is 25.3 Å². The lowest BCUT2D eigenvalue weighted by Crippen LogP contribution is -2.18. The van der Waals surface area contributed by atoms with Gasteiger partial charge < -0.3 is 10.1 Å². The third-order valence-electron chi connectivity index (χ3n) is 3.07. The fourth-order valence-electron chi connectivity index (χ4n) is 2.10. The van der Waals surface area contributed by atoms with Gasteiger partial charge in [0.05, 0.1) is 13.2 Å². The van der Waals surface area contributed by atoms with E-state index in [1.807, 2.05) is 0 Å². The van der Waals surface area contributed by atoms with Crippen molar-refractivity contribution in [1.29, 1.82) is 0 Å². The summed E-state index contributed by atoms with van der Waals surface area (Å²) < 4.78 is 31.8. The van der Waals surface area contributed by atoms with Crippen molar-refractivity contribution in [2.24, 2.45) is 0 Å². The predicted molar refractivity (Wildman–Crippen MR) is 75.3 cm³/mol. The Balaban J connectivity index is 2.44. The number of ether oxygens (including phenoxy) is 1. The Morgan fingerprint density at radius 2 is 1.90 bits per heavy atom. The molecule has 1 atom stereocenters. The van der Waals surface area contributed by atoms with Crippen molar-refractivity contribution in [3.8, 4) is 5.75 Å². The van der Waals surface area contributed by atoms with Gasteiger partial charge in [-0.15, -0.1) is 0 Å². The van der Waals surface area contributed by atoms with Gasteiger partial charge in [0, 0.05) is 5.02 Å². The molecule has 0 aliphatic carbocycles. The van der Waals surface area contributed by atoms with E-state index in [4.69, 9.17) is 16.3 Å². The van der Waals surface area contributed by atoms with Crippen molar-refractivity contribution >= 4 is 11.6 Å². The molecule has 1 unspecified atom stereocenters. The van der Waals surface area contributed by atoms with E-state index in [0.717, 1.165) is 0 Å². The molecule has 0 bridgehead atoms. The van der Waals surface area contributed by atoms with Gasteiger partial charge in [-0.2, -0.15) is 0 Å². The Hall–Kier alpha value is -1.65. The summed E-state index contributed by atoms with van der Waals surface area (Å²) in [5, 5.41) is 3.34. The lowest BCUT2D eigenvalue weighted by Gasteiger charge is -2.19. The first-order valence-electron chi connectivity index (χ1n) is 6.02. The van der Waals surface area contributed by atoms with Crippen LogP contribution in [0, 0.1) is 11.6 Å². The summed E-state index contributed by atoms with van der Waals surface area (Å²) in [7, 11) is 3.14. The summed E-state index contributed by atoms with van der Waals surface area (Å²) >= 11 is 6.05. The van der Waals surface area contributed by atoms with Gasteiger partial charge >= 0.3 is 0 Å². The van der Waals surface area contributed by atoms with Crippen LogP contribution in [-0.4, -0.2) is 14.2 Å². The Labute approximate surface area is 121 Å². The number of methoxy groups -OCH3 is 1. The Kier molecular flexibility index (Phi) is 4.57. The van der Waals surface area contributed by atoms with E-state index < -0.39 is 11.6 Å². The zero-order valence-electron chi connectivity index (χ0n) is 11.1. The number of nitrogens with one attached hydrogen (secondary N) is 1. The zero-order valence-corrected chi connectivity index (χ0v) is 11.8. The predicted octanol–water partition coefficient (Wildman–Crippen LogP) is 3.94. The molecule has 1 N–H and O–H groups in total. The SMILES string of the molecule is CNC(c1ccc(OC)c(F)c1)c1ccc(F)cc1Cl. The first-order valence-corrected chi connectivity index (χ1v) is 6.40. The van der Waals surface area contributed by atoms with Crippen LogP contribution in [0.2, 0.25) is 5.02 Å². The van der Waals surface area contributed by atoms with E-state index in [-0.39, 0.29) is 11.8 Å². The maximum Gasteiger partial charge on any atom is 0.165 e. The topological polar surface area (TPSA) is 21.3 Å². The van der Waals surface area contributed by atoms with Gasteiger partial charge in [0.15, 0.2) is 11.6 Å². The van der Waals surface area contributed by atoms with Gasteiger partial charge in [0.2, 0.25) is 0 Å². The van der Waals surface area contributed by atoms with Crippen LogP contribution >= 0.6 is 11.6 Å². The molecule has 2 nitrogen and oxygen atoms in total. The first kappa shape index (κ1) is 14.8. The highest BCUT2D eigenvalue weighted by molar-refractivity contribution is 6.31. The van der Waals surface area contributed by atoms with E-state index >= 15 is 0 Å². The fourth-order valence-corrected chi connectivity index (χ4v) is 2.38. The van der Waals surface area contributed by atoms with Crippen LogP contribution in [-0.2, 0) is 0 Å². The highest BCUT2D eigenvalue weighted by Crippen LogP contribution is 2.30. The highest BCUT2D eigenvalue weighted by atomic mass is 35.5. The smallest absolute Gasteiger partial charge is 0.165 e. The van der Waals surface area contributed by atoms with Crippen molar-refractivity contribution in [2.75, 3.05) is 14.2 Å². The Morgan fingerprint density at radius 3 is 2.45 bits per heavy atom. The molecule has 2 rings (SSSR count). The molecule has 0 spiro atoms. The first-order chi connectivity index (χ1) is 9.56. The van der Waals surface area contributed by atoms with Gasteiger partial charge in [-0.1, -0.05) is 23.7 Å². The quantitative estimate of drug-likeness (QED) is 0.923. The summed E-state index contributed by atoms with van der Waals surface area (Å²) in [6.45, 7) is 0. The molecule has 2 aromatic rings. The molecular formula is C15H14ClF2NO. The van der Waals surface area contributed by atoms with E-state index in [1.54, 1.807) is 25.2 Å². The molecule has 0 saturated heterocycles. The lowest BCUT2D eigenvalue weighted by molar-refractivity contribution is 0.386. The summed E-state index contributed by atoms with van der Waals surface area (Å²) in [6, 6.07) is 8.48. The van der Waals surface area contributed by atoms with Gasteiger partial charge in [0.25, 0.3) is 0 Å². The minimum absolute atomic E-state index is 0.175. The number of hydrogen-bond acceptors (Lipinski definition) is 2. The van der Waals surface area contributed by atoms with Gasteiger partial charge in [-0.3, -0.25) is 0 Å². The second-order valence-corrected chi connectivity index (χ2v) is 4.69. The van der Waals surface area contributed by atoms with E-state index in [0.29, 0.717) is 16.1 Å². The normalized spacial score (nSPS) is 12.2. The van der Waals surface area contributed by atoms with Crippen LogP contribution in [0.25, 0.3) is 0 Å². The van der Waals surface area contributed by atoms with Crippen LogP contribution < -0.4 is 10.1 Å². The average Bonchev–Trinajstić information content (AvgIpc) is 2.42. The number of benzene rings is 2. The summed E-state index contributed by atoms with van der Waals surface area (Å²) in [6.07, 6.45) is 0. The number of hydrogen-bond donors (Lipinski definition) is 1. The van der Waals surface area contributed by atoms with Crippen LogP contribution in [0.15, 0.2) is 36.4 Å². The number of rotatable bonds is 4. The lowest BCUT2D eigenvalue weighted by atomic mass is 9.98. The van der Waals surface area contributed by atoms with Crippen molar-refractivity contribution in [2.45, 2.75) is 6.04 Å². The molecule has 20 heavy (non-hydrogen) atoms. The summed E-state index contributed by atoms with van der Waals surface area (Å²) in [4.78, 5) is 0. The highest BCUT2D eigenvalue weighted by Gasteiger charge is 2.17. The van der Waals surface area contributed by atoms with Crippen LogP contribution in [0.1, 0.15) is 17.2 Å². The monoisotopic (exact) mass is 297 g/mol. The molecule has 2 aromatic carbocycles. The summed E-state index contributed by atoms with van der Waals surface area (Å²) in [5.41, 5.74) is 1.36. The van der Waals surface area contributed by atoms with Crippen molar-refractivity contribution in [1.82, 2.24) is 5.32 Å². The molecular weight excluding hydrogens is 284 g/mol. The van der Waals surface area contributed by atoms with Crippen LogP contribution in [0.5, 0.6) is 5.75 Å². The second kappa shape index (κ2) is 6.20. The van der Waals surface area contributed by atoms with E-state index in [2.05, 4.69) is 5.32 Å². The molecule has 0 heterocycles. The third kappa shape index (κ3) is 2.92. The Bertz CT molecular complexity index is 619. The molecule has 0 aliphatic heterocycles. The molecule has 0 saturated carbocycles. The van der Waals surface area contributed by atoms with Crippen LogP contribution in [0.4, 0.5) is 8.78 Å². The average molecular weight is 298 g/mol. The Morgan fingerprint density at radius 1 is 1.15 bits per heavy atom. The molecule has 5 heteroatoms. The number of halogens is 3. The molecule has 0 fully saturated rings. The zero-order chi connectivity index (χ0) is 14.7. The molecule has 0 aliphatic rings. The maximum absolute atomic E-state index is 13.8. The molecule has 0 aromatic heterocycles. The van der Waals surface area contributed by atoms with Gasteiger partial charge in [-0.05, 0) is 42.4 Å². The molecule has 0 radical (unpaired) electrons. The van der Waals surface area contributed by atoms with Crippen molar-refractivity contribution in [3.05, 3.63) is 64.2 Å². The minimum atomic E-state index is -0.455.